The van der Waals surface area contributed by atoms with E-state index in [0.717, 1.165) is 36.6 Å². The molecule has 0 aliphatic heterocycles. The number of fused-ring (bicyclic) bond motifs is 1. The third kappa shape index (κ3) is 19.9. The highest BCUT2D eigenvalue weighted by Gasteiger charge is 2.29. The van der Waals surface area contributed by atoms with Crippen LogP contribution in [-0.4, -0.2) is 15.0 Å². The van der Waals surface area contributed by atoms with Crippen molar-refractivity contribution in [2.24, 2.45) is 11.8 Å². The zero-order chi connectivity index (χ0) is 47.4. The van der Waals surface area contributed by atoms with E-state index in [2.05, 4.69) is 78.6 Å². The summed E-state index contributed by atoms with van der Waals surface area (Å²) in [5, 5.41) is 9.82. The smallest absolute Gasteiger partial charge is 0.170 e. The van der Waals surface area contributed by atoms with Crippen molar-refractivity contribution in [1.82, 2.24) is 15.0 Å². The van der Waals surface area contributed by atoms with E-state index in [4.69, 9.17) is 10.2 Å². The summed E-state index contributed by atoms with van der Waals surface area (Å²) in [5.74, 6) is -0.459. The van der Waals surface area contributed by atoms with E-state index in [1.807, 2.05) is 0 Å². The van der Waals surface area contributed by atoms with Crippen molar-refractivity contribution in [1.29, 1.82) is 0 Å². The van der Waals surface area contributed by atoms with E-state index >= 15 is 8.78 Å². The van der Waals surface area contributed by atoms with E-state index in [9.17, 15) is 0 Å². The number of hydrogen-bond acceptors (Lipinski definition) is 4. The summed E-state index contributed by atoms with van der Waals surface area (Å²) in [6.45, 7) is 11.8. The van der Waals surface area contributed by atoms with Gasteiger partial charge in [-0.15, -0.1) is 22.7 Å². The molecule has 1 aromatic carbocycles. The molecule has 0 amide bonds. The monoisotopic (exact) mass is 1080 g/mol. The van der Waals surface area contributed by atoms with Gasteiger partial charge in [-0.25, -0.2) is 8.78 Å². The van der Waals surface area contributed by atoms with Gasteiger partial charge in [0.1, 0.15) is 11.0 Å². The van der Waals surface area contributed by atoms with Crippen molar-refractivity contribution in [2.75, 3.05) is 0 Å². The lowest BCUT2D eigenvalue weighted by molar-refractivity contribution is 0.400. The van der Waals surface area contributed by atoms with Gasteiger partial charge in [-0.1, -0.05) is 240 Å². The van der Waals surface area contributed by atoms with Crippen LogP contribution >= 0.6 is 54.5 Å². The van der Waals surface area contributed by atoms with Gasteiger partial charge in [0.25, 0.3) is 0 Å². The van der Waals surface area contributed by atoms with Crippen LogP contribution in [0.1, 0.15) is 258 Å². The Morgan fingerprint density at radius 1 is 0.439 bits per heavy atom. The van der Waals surface area contributed by atoms with Crippen molar-refractivity contribution < 1.29 is 8.78 Å². The number of unbranched alkanes of at least 4 members (excludes halogenated alkanes) is 24. The second-order valence-corrected chi connectivity index (χ2v) is 24.7. The first kappa shape index (κ1) is 57.4. The molecule has 0 unspecified atom stereocenters. The number of nitrogens with zero attached hydrogens (tertiary/aromatic N) is 3. The van der Waals surface area contributed by atoms with Gasteiger partial charge in [-0.05, 0) is 86.2 Å². The average Bonchev–Trinajstić information content (AvgIpc) is 4.00. The molecule has 0 N–H and O–H groups in total. The Hall–Kier alpha value is -1.16. The minimum atomic E-state index is -0.814. The fourth-order valence-corrected chi connectivity index (χ4v) is 13.6. The Morgan fingerprint density at radius 2 is 0.727 bits per heavy atom. The first-order valence-corrected chi connectivity index (χ1v) is 30.8. The first-order chi connectivity index (χ1) is 32.3. The van der Waals surface area contributed by atoms with E-state index < -0.39 is 11.6 Å². The van der Waals surface area contributed by atoms with Gasteiger partial charge < -0.3 is 0 Å². The Morgan fingerprint density at radius 3 is 1.02 bits per heavy atom. The fourth-order valence-electron chi connectivity index (χ4n) is 10.1. The number of aryl methyl sites for hydroxylation is 1. The quantitative estimate of drug-likeness (QED) is 0.0416. The zero-order valence-corrected chi connectivity index (χ0v) is 47.2. The fraction of sp³-hybridized carbons (Fsp3) is 0.754. The molecule has 4 aromatic rings. The van der Waals surface area contributed by atoms with Crippen LogP contribution in [-0.2, 0) is 19.4 Å². The molecule has 0 aliphatic rings. The molecule has 4 rings (SSSR count). The highest BCUT2D eigenvalue weighted by molar-refractivity contribution is 9.11. The molecule has 9 heteroatoms. The van der Waals surface area contributed by atoms with Crippen LogP contribution in [0.5, 0.6) is 0 Å². The van der Waals surface area contributed by atoms with Gasteiger partial charge >= 0.3 is 0 Å². The first-order valence-electron chi connectivity index (χ1n) is 27.6. The van der Waals surface area contributed by atoms with Crippen molar-refractivity contribution in [2.45, 2.75) is 266 Å². The molecule has 3 aromatic heterocycles. The van der Waals surface area contributed by atoms with Gasteiger partial charge in [-0.3, -0.25) is 0 Å². The molecule has 2 atom stereocenters. The predicted molar refractivity (Wildman–Crippen MR) is 295 cm³/mol. The maximum Gasteiger partial charge on any atom is 0.170 e. The van der Waals surface area contributed by atoms with Crippen LogP contribution in [0.4, 0.5) is 8.78 Å². The minimum absolute atomic E-state index is 0.251. The topological polar surface area (TPSA) is 30.7 Å². The lowest BCUT2D eigenvalue weighted by atomic mass is 9.89. The second-order valence-electron chi connectivity index (χ2n) is 20.0. The van der Waals surface area contributed by atoms with Gasteiger partial charge in [0.05, 0.1) is 25.2 Å². The van der Waals surface area contributed by atoms with Crippen LogP contribution in [0.25, 0.3) is 31.9 Å². The molecule has 3 nitrogen and oxygen atoms in total. The van der Waals surface area contributed by atoms with Gasteiger partial charge in [-0.2, -0.15) is 15.0 Å². The summed E-state index contributed by atoms with van der Waals surface area (Å²) in [6, 6.07) is 4.26. The lowest BCUT2D eigenvalue weighted by Gasteiger charge is -2.17. The summed E-state index contributed by atoms with van der Waals surface area (Å²) in [4.78, 5) is 3.11. The molecule has 0 aliphatic carbocycles. The lowest BCUT2D eigenvalue weighted by Crippen LogP contribution is -2.05. The van der Waals surface area contributed by atoms with E-state index in [-0.39, 0.29) is 11.1 Å². The largest absolute Gasteiger partial charge is 0.203 e. The molecule has 0 spiro atoms. The SMILES string of the molecule is CCCCCCCCCC[C@H](CCCCCCCC)Cc1cc(-c2c(F)c(F)c(-c3cc(C[C@@H](CCCCCCCC)CCCCCCCCCC)c(Br)s3)c3nn(CCC)nc23)sc1Br. The number of benzene rings is 1. The highest BCUT2D eigenvalue weighted by atomic mass is 79.9. The number of thiophene rings is 2. The highest BCUT2D eigenvalue weighted by Crippen LogP contribution is 2.47. The predicted octanol–water partition coefficient (Wildman–Crippen LogP) is 22.0. The number of hydrogen-bond donors (Lipinski definition) is 0. The molecule has 0 bridgehead atoms. The van der Waals surface area contributed by atoms with E-state index in [0.29, 0.717) is 29.4 Å². The maximum absolute atomic E-state index is 17.0. The molecular formula is C57H91Br2F2N3S2. The van der Waals surface area contributed by atoms with Crippen molar-refractivity contribution >= 4 is 65.6 Å². The molecule has 3 heterocycles. The standard InChI is InChI=1S/C57H91Br2F2N3S2/c1-6-11-15-19-23-25-29-33-37-44(35-31-27-21-17-13-8-3)40-46-42-48(65-56(46)58)50-52(60)53(61)51(55-54(50)62-64(63-55)39-10-5)49-43-47(57(59)66-49)41-45(36-32-28-22-18-14-9-4)38-34-30-26-24-20-16-12-7-2/h42-45H,6-41H2,1-5H3/t44-,45-/m0/s1. The third-order valence-electron chi connectivity index (χ3n) is 14.1. The van der Waals surface area contributed by atoms with Crippen LogP contribution in [0.2, 0.25) is 0 Å². The van der Waals surface area contributed by atoms with E-state index in [1.165, 1.54) is 239 Å². The summed E-state index contributed by atoms with van der Waals surface area (Å²) in [7, 11) is 0. The normalized spacial score (nSPS) is 12.9. The van der Waals surface area contributed by atoms with Gasteiger partial charge in [0.15, 0.2) is 11.6 Å². The molecule has 374 valence electrons. The maximum atomic E-state index is 17.0. The Bertz CT molecular complexity index is 1760. The van der Waals surface area contributed by atoms with Gasteiger partial charge in [0, 0.05) is 9.75 Å². The molecule has 0 radical (unpaired) electrons. The Labute approximate surface area is 427 Å². The average molecular weight is 1080 g/mol. The molecule has 0 fully saturated rings. The van der Waals surface area contributed by atoms with Crippen molar-refractivity contribution in [3.63, 3.8) is 0 Å². The van der Waals surface area contributed by atoms with Crippen LogP contribution in [0, 0.1) is 23.5 Å². The Kier molecular flexibility index (Phi) is 29.8. The summed E-state index contributed by atoms with van der Waals surface area (Å²) >= 11 is 10.9. The van der Waals surface area contributed by atoms with Crippen molar-refractivity contribution in [3.8, 4) is 20.9 Å². The minimum Gasteiger partial charge on any atom is -0.203 e. The molecule has 0 saturated heterocycles. The zero-order valence-electron chi connectivity index (χ0n) is 42.4. The number of halogens is 4. The van der Waals surface area contributed by atoms with E-state index in [1.54, 1.807) is 4.80 Å². The molecule has 66 heavy (non-hydrogen) atoms. The summed E-state index contributed by atoms with van der Waals surface area (Å²) in [6.07, 6.45) is 44.6. The molecule has 0 saturated carbocycles. The van der Waals surface area contributed by atoms with Crippen LogP contribution in [0.15, 0.2) is 19.7 Å². The third-order valence-corrected chi connectivity index (χ3v) is 18.0. The Balaban J connectivity index is 1.57. The summed E-state index contributed by atoms with van der Waals surface area (Å²) in [5.41, 5.74) is 3.84. The van der Waals surface area contributed by atoms with Crippen LogP contribution < -0.4 is 0 Å². The summed E-state index contributed by atoms with van der Waals surface area (Å²) < 4.78 is 36.0. The number of aromatic nitrogens is 3. The second kappa shape index (κ2) is 34.2. The number of rotatable bonds is 40. The molecular weight excluding hydrogens is 989 g/mol. The van der Waals surface area contributed by atoms with Gasteiger partial charge in [0.2, 0.25) is 0 Å². The van der Waals surface area contributed by atoms with Crippen molar-refractivity contribution in [3.05, 3.63) is 42.5 Å². The van der Waals surface area contributed by atoms with Crippen LogP contribution in [0.3, 0.4) is 0 Å².